The van der Waals surface area contributed by atoms with Crippen LogP contribution < -0.4 is 5.32 Å². The normalized spacial score (nSPS) is 25.6. The van der Waals surface area contributed by atoms with Crippen molar-refractivity contribution >= 4 is 17.7 Å². The summed E-state index contributed by atoms with van der Waals surface area (Å²) in [5.41, 5.74) is 0. The second-order valence-electron chi connectivity index (χ2n) is 5.49. The lowest BCUT2D eigenvalue weighted by Gasteiger charge is -2.33. The van der Waals surface area contributed by atoms with E-state index in [0.717, 1.165) is 6.42 Å². The number of aliphatic hydroxyl groups is 1. The largest absolute Gasteiger partial charge is 0.389 e. The number of carbonyl (C=O) groups excluding carboxylic acids is 3. The van der Waals surface area contributed by atoms with Crippen LogP contribution in [0.4, 0.5) is 4.79 Å². The lowest BCUT2D eigenvalue weighted by molar-refractivity contribution is -0.139. The monoisotopic (exact) mass is 298 g/mol. The van der Waals surface area contributed by atoms with Gasteiger partial charge in [-0.05, 0) is 26.8 Å². The van der Waals surface area contributed by atoms with E-state index in [9.17, 15) is 19.5 Å². The van der Waals surface area contributed by atoms with Gasteiger partial charge < -0.3 is 15.3 Å². The first kappa shape index (κ1) is 15.7. The number of amides is 3. The molecule has 2 aliphatic rings. The van der Waals surface area contributed by atoms with Crippen LogP contribution in [0.25, 0.3) is 0 Å². The summed E-state index contributed by atoms with van der Waals surface area (Å²) in [5.74, 6) is -0.324. The van der Waals surface area contributed by atoms with Crippen molar-refractivity contribution in [3.63, 3.8) is 0 Å². The molecule has 2 aliphatic heterocycles. The highest BCUT2D eigenvalue weighted by Gasteiger charge is 2.41. The summed E-state index contributed by atoms with van der Waals surface area (Å²) < 4.78 is 0. The topological polar surface area (TPSA) is 93.2 Å². The van der Waals surface area contributed by atoms with Gasteiger partial charge in [-0.25, -0.2) is 14.8 Å². The summed E-state index contributed by atoms with van der Waals surface area (Å²) in [5, 5.41) is 15.0. The van der Waals surface area contributed by atoms with Crippen molar-refractivity contribution in [2.45, 2.75) is 31.9 Å². The zero-order chi connectivity index (χ0) is 15.6. The molecule has 2 unspecified atom stereocenters. The number of hydrogen-bond acceptors (Lipinski definition) is 5. The molecule has 2 rings (SSSR count). The predicted octanol–water partition coefficient (Wildman–Crippen LogP) is -1.20. The Bertz CT molecular complexity index is 442. The Morgan fingerprint density at radius 1 is 1.24 bits per heavy atom. The predicted molar refractivity (Wildman–Crippen MR) is 74.2 cm³/mol. The molecule has 0 aromatic heterocycles. The SMILES string of the molecule is CNCC(=O)N1CC(O)CN1C(=O)N1CCCC1C(C)=O. The highest BCUT2D eigenvalue weighted by atomic mass is 16.3. The van der Waals surface area contributed by atoms with Crippen LogP contribution in [0.3, 0.4) is 0 Å². The maximum atomic E-state index is 12.6. The summed E-state index contributed by atoms with van der Waals surface area (Å²) in [7, 11) is 1.64. The van der Waals surface area contributed by atoms with Gasteiger partial charge in [-0.15, -0.1) is 0 Å². The van der Waals surface area contributed by atoms with E-state index in [-0.39, 0.29) is 37.4 Å². The van der Waals surface area contributed by atoms with Crippen LogP contribution in [0.1, 0.15) is 19.8 Å². The fourth-order valence-electron chi connectivity index (χ4n) is 2.88. The van der Waals surface area contributed by atoms with Gasteiger partial charge >= 0.3 is 6.03 Å². The maximum Gasteiger partial charge on any atom is 0.339 e. The second kappa shape index (κ2) is 6.40. The van der Waals surface area contributed by atoms with E-state index in [1.165, 1.54) is 21.8 Å². The van der Waals surface area contributed by atoms with Gasteiger partial charge in [0.2, 0.25) is 0 Å². The highest BCUT2D eigenvalue weighted by Crippen LogP contribution is 2.22. The first-order chi connectivity index (χ1) is 9.95. The van der Waals surface area contributed by atoms with E-state index in [1.54, 1.807) is 7.05 Å². The standard InChI is InChI=1S/C13H22N4O4/c1-9(18)11-4-3-5-15(11)13(21)17-8-10(19)7-16(17)12(20)6-14-2/h10-11,14,19H,3-8H2,1-2H3. The van der Waals surface area contributed by atoms with Crippen molar-refractivity contribution < 1.29 is 19.5 Å². The molecule has 2 fully saturated rings. The Kier molecular flexibility index (Phi) is 4.79. The lowest BCUT2D eigenvalue weighted by Crippen LogP contribution is -2.54. The van der Waals surface area contributed by atoms with Crippen LogP contribution in [0.2, 0.25) is 0 Å². The van der Waals surface area contributed by atoms with Gasteiger partial charge in [0.15, 0.2) is 5.78 Å². The molecule has 2 saturated heterocycles. The molecular weight excluding hydrogens is 276 g/mol. The average Bonchev–Trinajstić information content (AvgIpc) is 3.04. The summed E-state index contributed by atoms with van der Waals surface area (Å²) in [6.45, 7) is 2.25. The van der Waals surface area contributed by atoms with Crippen molar-refractivity contribution in [1.82, 2.24) is 20.2 Å². The van der Waals surface area contributed by atoms with E-state index in [4.69, 9.17) is 0 Å². The number of likely N-dealkylation sites (tertiary alicyclic amines) is 1. The molecule has 3 amide bonds. The van der Waals surface area contributed by atoms with Gasteiger partial charge in [-0.1, -0.05) is 0 Å². The Balaban J connectivity index is 2.12. The Labute approximate surface area is 123 Å². The van der Waals surface area contributed by atoms with Crippen LogP contribution in [-0.4, -0.2) is 83.1 Å². The van der Waals surface area contributed by atoms with Crippen LogP contribution in [-0.2, 0) is 9.59 Å². The highest BCUT2D eigenvalue weighted by molar-refractivity contribution is 5.89. The minimum Gasteiger partial charge on any atom is -0.389 e. The van der Waals surface area contributed by atoms with Crippen molar-refractivity contribution in [1.29, 1.82) is 0 Å². The number of carbonyl (C=O) groups is 3. The van der Waals surface area contributed by atoms with E-state index in [1.807, 2.05) is 0 Å². The van der Waals surface area contributed by atoms with Crippen molar-refractivity contribution in [3.05, 3.63) is 0 Å². The number of Topliss-reactive ketones (excluding diaryl/α,β-unsaturated/α-hetero) is 1. The molecule has 0 aliphatic carbocycles. The molecule has 2 N–H and O–H groups in total. The average molecular weight is 298 g/mol. The van der Waals surface area contributed by atoms with Gasteiger partial charge in [0.25, 0.3) is 5.91 Å². The van der Waals surface area contributed by atoms with Gasteiger partial charge in [0.1, 0.15) is 0 Å². The molecular formula is C13H22N4O4. The molecule has 8 nitrogen and oxygen atoms in total. The van der Waals surface area contributed by atoms with Crippen molar-refractivity contribution in [2.24, 2.45) is 0 Å². The van der Waals surface area contributed by atoms with Gasteiger partial charge in [-0.3, -0.25) is 9.59 Å². The fraction of sp³-hybridized carbons (Fsp3) is 0.769. The quantitative estimate of drug-likeness (QED) is 0.682. The van der Waals surface area contributed by atoms with Gasteiger partial charge in [0, 0.05) is 6.54 Å². The molecule has 2 heterocycles. The molecule has 8 heteroatoms. The number of hydrogen-bond donors (Lipinski definition) is 2. The third-order valence-corrected chi connectivity index (χ3v) is 3.86. The summed E-state index contributed by atoms with van der Waals surface area (Å²) in [6.07, 6.45) is 0.673. The smallest absolute Gasteiger partial charge is 0.339 e. The van der Waals surface area contributed by atoms with Crippen LogP contribution in [0, 0.1) is 0 Å². The Hall–Kier alpha value is -1.67. The molecule has 0 saturated carbocycles. The van der Waals surface area contributed by atoms with E-state index in [2.05, 4.69) is 5.32 Å². The molecule has 2 atom stereocenters. The number of hydrazine groups is 1. The summed E-state index contributed by atoms with van der Waals surface area (Å²) >= 11 is 0. The van der Waals surface area contributed by atoms with E-state index >= 15 is 0 Å². The zero-order valence-corrected chi connectivity index (χ0v) is 12.4. The molecule has 118 valence electrons. The number of nitrogens with one attached hydrogen (secondary N) is 1. The van der Waals surface area contributed by atoms with Crippen LogP contribution >= 0.6 is 0 Å². The number of aliphatic hydroxyl groups excluding tert-OH is 1. The van der Waals surface area contributed by atoms with Crippen LogP contribution in [0.15, 0.2) is 0 Å². The number of urea groups is 1. The molecule has 0 radical (unpaired) electrons. The van der Waals surface area contributed by atoms with Gasteiger partial charge in [0.05, 0.1) is 31.8 Å². The third-order valence-electron chi connectivity index (χ3n) is 3.86. The summed E-state index contributed by atoms with van der Waals surface area (Å²) in [6, 6.07) is -0.801. The second-order valence-corrected chi connectivity index (χ2v) is 5.49. The first-order valence-electron chi connectivity index (χ1n) is 7.17. The van der Waals surface area contributed by atoms with Crippen molar-refractivity contribution in [3.8, 4) is 0 Å². The number of likely N-dealkylation sites (N-methyl/N-ethyl adjacent to an activating group) is 1. The van der Waals surface area contributed by atoms with E-state index < -0.39 is 12.1 Å². The Morgan fingerprint density at radius 3 is 2.52 bits per heavy atom. The lowest BCUT2D eigenvalue weighted by atomic mass is 10.1. The Morgan fingerprint density at radius 2 is 1.90 bits per heavy atom. The minimum atomic E-state index is -0.756. The number of ketones is 1. The molecule has 0 spiro atoms. The summed E-state index contributed by atoms with van der Waals surface area (Å²) in [4.78, 5) is 37.7. The number of nitrogens with zero attached hydrogens (tertiary/aromatic N) is 3. The maximum absolute atomic E-state index is 12.6. The van der Waals surface area contributed by atoms with E-state index in [0.29, 0.717) is 13.0 Å². The zero-order valence-electron chi connectivity index (χ0n) is 12.4. The number of rotatable bonds is 3. The molecule has 0 bridgehead atoms. The third kappa shape index (κ3) is 3.16. The van der Waals surface area contributed by atoms with Crippen molar-refractivity contribution in [2.75, 3.05) is 33.2 Å². The molecule has 0 aromatic carbocycles. The van der Waals surface area contributed by atoms with Crippen LogP contribution in [0.5, 0.6) is 0 Å². The molecule has 0 aromatic rings. The fourth-order valence-corrected chi connectivity index (χ4v) is 2.88. The van der Waals surface area contributed by atoms with Gasteiger partial charge in [-0.2, -0.15) is 0 Å². The number of β-amino-alcohol motifs (C(OH)–C–C–N with tert-alkyl or cyclic N) is 1. The first-order valence-corrected chi connectivity index (χ1v) is 7.17. The minimum absolute atomic E-state index is 0.0475. The molecule has 21 heavy (non-hydrogen) atoms.